The Morgan fingerprint density at radius 2 is 2.10 bits per heavy atom. The third-order valence-electron chi connectivity index (χ3n) is 2.88. The lowest BCUT2D eigenvalue weighted by molar-refractivity contribution is -0.122. The molecule has 0 atom stereocenters. The molecule has 0 radical (unpaired) electrons. The summed E-state index contributed by atoms with van der Waals surface area (Å²) in [5, 5.41) is -0.276. The summed E-state index contributed by atoms with van der Waals surface area (Å²) in [5.41, 5.74) is 0.790. The maximum Gasteiger partial charge on any atom is 0.293 e. The Balaban J connectivity index is 1.87. The minimum absolute atomic E-state index is 0.203. The molecule has 0 bridgehead atoms. The Bertz CT molecular complexity index is 638. The summed E-state index contributed by atoms with van der Waals surface area (Å²) in [6.45, 7) is 3.96. The Labute approximate surface area is 119 Å². The molecule has 3 rings (SSSR count). The number of imide groups is 1. The lowest BCUT2D eigenvalue weighted by Crippen LogP contribution is -2.27. The van der Waals surface area contributed by atoms with Gasteiger partial charge in [-0.15, -0.1) is 6.58 Å². The molecular formula is C14H11NO4S. The van der Waals surface area contributed by atoms with E-state index in [0.29, 0.717) is 16.4 Å². The van der Waals surface area contributed by atoms with Crippen LogP contribution < -0.4 is 9.47 Å². The van der Waals surface area contributed by atoms with Crippen LogP contribution in [0.3, 0.4) is 0 Å². The van der Waals surface area contributed by atoms with Gasteiger partial charge in [-0.25, -0.2) is 0 Å². The second kappa shape index (κ2) is 5.05. The normalized spacial score (nSPS) is 19.0. The number of benzene rings is 1. The lowest BCUT2D eigenvalue weighted by Gasteiger charge is -2.07. The van der Waals surface area contributed by atoms with Crippen molar-refractivity contribution in [2.24, 2.45) is 0 Å². The summed E-state index contributed by atoms with van der Waals surface area (Å²) in [5.74, 6) is 1.03. The van der Waals surface area contributed by atoms with Crippen molar-refractivity contribution in [3.05, 3.63) is 41.3 Å². The van der Waals surface area contributed by atoms with E-state index >= 15 is 0 Å². The predicted octanol–water partition coefficient (Wildman–Crippen LogP) is 2.64. The van der Waals surface area contributed by atoms with Gasteiger partial charge in [-0.3, -0.25) is 14.5 Å². The van der Waals surface area contributed by atoms with Crippen LogP contribution in [0.2, 0.25) is 0 Å². The monoisotopic (exact) mass is 289 g/mol. The minimum Gasteiger partial charge on any atom is -0.454 e. The molecule has 1 fully saturated rings. The number of nitrogens with zero attached hydrogens (tertiary/aromatic N) is 1. The number of ether oxygens (including phenoxy) is 2. The first kappa shape index (κ1) is 12.8. The van der Waals surface area contributed by atoms with Gasteiger partial charge in [0.2, 0.25) is 6.79 Å². The van der Waals surface area contributed by atoms with Gasteiger partial charge in [-0.2, -0.15) is 0 Å². The molecule has 2 heterocycles. The highest BCUT2D eigenvalue weighted by Gasteiger charge is 2.34. The van der Waals surface area contributed by atoms with Crippen molar-refractivity contribution < 1.29 is 19.1 Å². The first-order valence-corrected chi connectivity index (χ1v) is 6.76. The van der Waals surface area contributed by atoms with Crippen LogP contribution >= 0.6 is 11.8 Å². The average molecular weight is 289 g/mol. The average Bonchev–Trinajstić information content (AvgIpc) is 2.99. The number of carbonyl (C=O) groups excluding carboxylic acids is 2. The van der Waals surface area contributed by atoms with E-state index in [9.17, 15) is 9.59 Å². The van der Waals surface area contributed by atoms with E-state index in [1.54, 1.807) is 18.2 Å². The molecule has 0 N–H and O–H groups in total. The van der Waals surface area contributed by atoms with Crippen LogP contribution in [0.15, 0.2) is 35.8 Å². The molecule has 102 valence electrons. The Morgan fingerprint density at radius 1 is 1.30 bits per heavy atom. The fraction of sp³-hybridized carbons (Fsp3) is 0.143. The van der Waals surface area contributed by atoms with Gasteiger partial charge < -0.3 is 9.47 Å². The topological polar surface area (TPSA) is 55.8 Å². The maximum absolute atomic E-state index is 12.1. The molecule has 0 unspecified atom stereocenters. The molecule has 0 spiro atoms. The first-order chi connectivity index (χ1) is 9.69. The zero-order valence-corrected chi connectivity index (χ0v) is 11.3. The molecule has 1 saturated heterocycles. The number of hydrogen-bond donors (Lipinski definition) is 0. The van der Waals surface area contributed by atoms with Gasteiger partial charge in [0.15, 0.2) is 11.5 Å². The Morgan fingerprint density at radius 3 is 2.90 bits per heavy atom. The standard InChI is InChI=1S/C14H11NO4S/c1-2-5-15-13(16)12(20-14(15)17)7-9-3-4-10-11(6-9)19-8-18-10/h2-4,6-7H,1,5,8H2/b12-7+. The quantitative estimate of drug-likeness (QED) is 0.632. The van der Waals surface area contributed by atoms with E-state index in [-0.39, 0.29) is 24.5 Å². The molecule has 0 aliphatic carbocycles. The van der Waals surface area contributed by atoms with Crippen molar-refractivity contribution in [3.63, 3.8) is 0 Å². The summed E-state index contributed by atoms with van der Waals surface area (Å²) in [7, 11) is 0. The van der Waals surface area contributed by atoms with Crippen molar-refractivity contribution in [2.75, 3.05) is 13.3 Å². The van der Waals surface area contributed by atoms with Crippen LogP contribution in [0.25, 0.3) is 6.08 Å². The maximum atomic E-state index is 12.1. The summed E-state index contributed by atoms with van der Waals surface area (Å²) in [6.07, 6.45) is 3.20. The van der Waals surface area contributed by atoms with Crippen molar-refractivity contribution in [2.45, 2.75) is 0 Å². The zero-order valence-electron chi connectivity index (χ0n) is 10.5. The van der Waals surface area contributed by atoms with E-state index in [1.807, 2.05) is 6.07 Å². The van der Waals surface area contributed by atoms with Crippen molar-refractivity contribution in [3.8, 4) is 11.5 Å². The molecule has 5 nitrogen and oxygen atoms in total. The van der Waals surface area contributed by atoms with E-state index in [2.05, 4.69) is 6.58 Å². The predicted molar refractivity (Wildman–Crippen MR) is 75.4 cm³/mol. The highest BCUT2D eigenvalue weighted by atomic mass is 32.2. The number of carbonyl (C=O) groups is 2. The van der Waals surface area contributed by atoms with E-state index < -0.39 is 0 Å². The van der Waals surface area contributed by atoms with Crippen LogP contribution in [0.1, 0.15) is 5.56 Å². The zero-order chi connectivity index (χ0) is 14.1. The highest BCUT2D eigenvalue weighted by Crippen LogP contribution is 2.36. The van der Waals surface area contributed by atoms with Crippen LogP contribution in [0, 0.1) is 0 Å². The molecule has 2 amide bonds. The molecule has 0 saturated carbocycles. The van der Waals surface area contributed by atoms with Gasteiger partial charge in [-0.1, -0.05) is 12.1 Å². The largest absolute Gasteiger partial charge is 0.454 e. The van der Waals surface area contributed by atoms with Gasteiger partial charge in [0.1, 0.15) is 0 Å². The Hall–Kier alpha value is -2.21. The summed E-state index contributed by atoms with van der Waals surface area (Å²) in [4.78, 5) is 25.3. The lowest BCUT2D eigenvalue weighted by atomic mass is 10.2. The van der Waals surface area contributed by atoms with Crippen molar-refractivity contribution >= 4 is 29.0 Å². The fourth-order valence-electron chi connectivity index (χ4n) is 1.94. The van der Waals surface area contributed by atoms with Crippen molar-refractivity contribution in [1.29, 1.82) is 0 Å². The number of rotatable bonds is 3. The second-order valence-electron chi connectivity index (χ2n) is 4.19. The fourth-order valence-corrected chi connectivity index (χ4v) is 2.79. The molecule has 2 aliphatic heterocycles. The molecule has 20 heavy (non-hydrogen) atoms. The number of fused-ring (bicyclic) bond motifs is 1. The molecule has 0 aromatic heterocycles. The third kappa shape index (κ3) is 2.18. The highest BCUT2D eigenvalue weighted by molar-refractivity contribution is 8.18. The summed E-state index contributed by atoms with van der Waals surface area (Å²) in [6, 6.07) is 5.38. The van der Waals surface area contributed by atoms with E-state index in [1.165, 1.54) is 6.08 Å². The van der Waals surface area contributed by atoms with Crippen molar-refractivity contribution in [1.82, 2.24) is 4.90 Å². The molecular weight excluding hydrogens is 278 g/mol. The van der Waals surface area contributed by atoms with Crippen LogP contribution in [0.4, 0.5) is 4.79 Å². The molecule has 2 aliphatic rings. The Kier molecular flexibility index (Phi) is 3.23. The van der Waals surface area contributed by atoms with Gasteiger partial charge >= 0.3 is 0 Å². The third-order valence-corrected chi connectivity index (χ3v) is 3.79. The van der Waals surface area contributed by atoms with Gasteiger partial charge in [-0.05, 0) is 35.5 Å². The van der Waals surface area contributed by atoms with Gasteiger partial charge in [0.25, 0.3) is 11.1 Å². The summed E-state index contributed by atoms with van der Waals surface area (Å²) < 4.78 is 10.5. The van der Waals surface area contributed by atoms with Crippen LogP contribution in [0.5, 0.6) is 11.5 Å². The molecule has 6 heteroatoms. The number of amides is 2. The van der Waals surface area contributed by atoms with E-state index in [4.69, 9.17) is 9.47 Å². The van der Waals surface area contributed by atoms with Crippen LogP contribution in [-0.2, 0) is 4.79 Å². The van der Waals surface area contributed by atoms with E-state index in [0.717, 1.165) is 22.2 Å². The van der Waals surface area contributed by atoms with Gasteiger partial charge in [0, 0.05) is 6.54 Å². The van der Waals surface area contributed by atoms with Gasteiger partial charge in [0.05, 0.1) is 4.91 Å². The molecule has 1 aromatic rings. The first-order valence-electron chi connectivity index (χ1n) is 5.95. The minimum atomic E-state index is -0.294. The second-order valence-corrected chi connectivity index (χ2v) is 5.19. The molecule has 1 aromatic carbocycles. The number of thioether (sulfide) groups is 1. The summed E-state index contributed by atoms with van der Waals surface area (Å²) >= 11 is 0.929. The smallest absolute Gasteiger partial charge is 0.293 e. The SMILES string of the molecule is C=CCN1C(=O)S/C(=C/c2ccc3c(c2)OCO3)C1=O. The number of hydrogen-bond acceptors (Lipinski definition) is 5. The van der Waals surface area contributed by atoms with Crippen LogP contribution in [-0.4, -0.2) is 29.4 Å².